The molecule has 0 spiro atoms. The monoisotopic (exact) mass is 266 g/mol. The predicted molar refractivity (Wildman–Crippen MR) is 84.5 cm³/mol. The second-order valence-electron chi connectivity index (χ2n) is 5.27. The van der Waals surface area contributed by atoms with Crippen LogP contribution in [-0.2, 0) is 12.8 Å². The Labute approximate surface area is 121 Å². The van der Waals surface area contributed by atoms with Crippen LogP contribution in [0.1, 0.15) is 52.0 Å². The van der Waals surface area contributed by atoms with Crippen LogP contribution < -0.4 is 0 Å². The fourth-order valence-corrected chi connectivity index (χ4v) is 2.59. The van der Waals surface area contributed by atoms with E-state index in [0.29, 0.717) is 0 Å². The highest BCUT2D eigenvalue weighted by molar-refractivity contribution is 6.10. The van der Waals surface area contributed by atoms with Crippen molar-refractivity contribution in [3.8, 4) is 0 Å². The van der Waals surface area contributed by atoms with Crippen molar-refractivity contribution in [1.29, 1.82) is 0 Å². The summed E-state index contributed by atoms with van der Waals surface area (Å²) in [6, 6.07) is 12.0. The third kappa shape index (κ3) is 2.67. The fraction of sp³-hybridized carbons (Fsp3) is 0.316. The summed E-state index contributed by atoms with van der Waals surface area (Å²) in [4.78, 5) is 12.7. The Morgan fingerprint density at radius 3 is 2.30 bits per heavy atom. The van der Waals surface area contributed by atoms with E-state index in [2.05, 4.69) is 26.0 Å². The van der Waals surface area contributed by atoms with E-state index in [1.54, 1.807) is 0 Å². The molecule has 0 saturated carbocycles. The molecule has 20 heavy (non-hydrogen) atoms. The van der Waals surface area contributed by atoms with Crippen LogP contribution in [0.2, 0.25) is 0 Å². The van der Waals surface area contributed by atoms with Crippen molar-refractivity contribution >= 4 is 5.78 Å². The topological polar surface area (TPSA) is 17.1 Å². The summed E-state index contributed by atoms with van der Waals surface area (Å²) in [7, 11) is 0. The average molecular weight is 266 g/mol. The molecule has 0 N–H and O–H groups in total. The minimum Gasteiger partial charge on any atom is -0.289 e. The number of ketones is 1. The van der Waals surface area contributed by atoms with Crippen molar-refractivity contribution in [2.75, 3.05) is 0 Å². The molecule has 0 aliphatic heterocycles. The molecule has 0 amide bonds. The molecular formula is C19H22O. The number of aryl methyl sites for hydroxylation is 3. The van der Waals surface area contributed by atoms with Gasteiger partial charge in [-0.2, -0.15) is 0 Å². The van der Waals surface area contributed by atoms with Gasteiger partial charge in [-0.05, 0) is 55.0 Å². The standard InChI is InChI=1S/C19H22O/c1-5-15-10-11-17(12-16(15)6-2)19(20)18-9-7-8-13(3)14(18)4/h7-12H,5-6H2,1-4H3. The molecule has 2 aromatic rings. The minimum absolute atomic E-state index is 0.128. The van der Waals surface area contributed by atoms with Crippen LogP contribution in [0, 0.1) is 13.8 Å². The smallest absolute Gasteiger partial charge is 0.193 e. The fourth-order valence-electron chi connectivity index (χ4n) is 2.59. The number of benzene rings is 2. The zero-order chi connectivity index (χ0) is 14.7. The van der Waals surface area contributed by atoms with Crippen molar-refractivity contribution in [3.05, 3.63) is 69.8 Å². The largest absolute Gasteiger partial charge is 0.289 e. The van der Waals surface area contributed by atoms with Crippen LogP contribution in [0.15, 0.2) is 36.4 Å². The zero-order valence-electron chi connectivity index (χ0n) is 12.8. The Balaban J connectivity index is 2.46. The van der Waals surface area contributed by atoms with Crippen molar-refractivity contribution in [2.24, 2.45) is 0 Å². The van der Waals surface area contributed by atoms with Gasteiger partial charge in [0.25, 0.3) is 0 Å². The summed E-state index contributed by atoms with van der Waals surface area (Å²) in [5, 5.41) is 0. The lowest BCUT2D eigenvalue weighted by Gasteiger charge is -2.11. The predicted octanol–water partition coefficient (Wildman–Crippen LogP) is 4.66. The third-order valence-electron chi connectivity index (χ3n) is 4.08. The Kier molecular flexibility index (Phi) is 4.39. The van der Waals surface area contributed by atoms with E-state index < -0.39 is 0 Å². The van der Waals surface area contributed by atoms with Gasteiger partial charge in [-0.1, -0.05) is 44.2 Å². The molecule has 0 unspecified atom stereocenters. The van der Waals surface area contributed by atoms with E-state index >= 15 is 0 Å². The van der Waals surface area contributed by atoms with Gasteiger partial charge in [0.1, 0.15) is 0 Å². The maximum atomic E-state index is 12.7. The Morgan fingerprint density at radius 2 is 1.65 bits per heavy atom. The van der Waals surface area contributed by atoms with Gasteiger partial charge in [-0.3, -0.25) is 4.79 Å². The number of carbonyl (C=O) groups is 1. The normalized spacial score (nSPS) is 10.6. The summed E-state index contributed by atoms with van der Waals surface area (Å²) < 4.78 is 0. The van der Waals surface area contributed by atoms with Crippen LogP contribution in [-0.4, -0.2) is 5.78 Å². The van der Waals surface area contributed by atoms with E-state index in [4.69, 9.17) is 0 Å². The van der Waals surface area contributed by atoms with Gasteiger partial charge < -0.3 is 0 Å². The van der Waals surface area contributed by atoms with Crippen molar-refractivity contribution < 1.29 is 4.79 Å². The lowest BCUT2D eigenvalue weighted by Crippen LogP contribution is -2.06. The molecular weight excluding hydrogens is 244 g/mol. The molecule has 0 bridgehead atoms. The first-order chi connectivity index (χ1) is 9.58. The van der Waals surface area contributed by atoms with Gasteiger partial charge in [0.05, 0.1) is 0 Å². The molecule has 0 aromatic heterocycles. The van der Waals surface area contributed by atoms with Crippen molar-refractivity contribution in [2.45, 2.75) is 40.5 Å². The van der Waals surface area contributed by atoms with E-state index in [9.17, 15) is 4.79 Å². The summed E-state index contributed by atoms with van der Waals surface area (Å²) in [6.45, 7) is 8.36. The Hall–Kier alpha value is -1.89. The lowest BCUT2D eigenvalue weighted by molar-refractivity contribution is 0.103. The molecule has 0 fully saturated rings. The lowest BCUT2D eigenvalue weighted by atomic mass is 9.93. The first-order valence-corrected chi connectivity index (χ1v) is 7.31. The number of hydrogen-bond acceptors (Lipinski definition) is 1. The zero-order valence-corrected chi connectivity index (χ0v) is 12.8. The van der Waals surface area contributed by atoms with Gasteiger partial charge in [0, 0.05) is 11.1 Å². The first-order valence-electron chi connectivity index (χ1n) is 7.31. The van der Waals surface area contributed by atoms with Crippen LogP contribution >= 0.6 is 0 Å². The van der Waals surface area contributed by atoms with Crippen molar-refractivity contribution in [1.82, 2.24) is 0 Å². The molecule has 0 saturated heterocycles. The second kappa shape index (κ2) is 6.04. The third-order valence-corrected chi connectivity index (χ3v) is 4.08. The van der Waals surface area contributed by atoms with E-state index in [1.165, 1.54) is 11.1 Å². The van der Waals surface area contributed by atoms with Crippen LogP contribution in [0.25, 0.3) is 0 Å². The SMILES string of the molecule is CCc1ccc(C(=O)c2cccc(C)c2C)cc1CC. The van der Waals surface area contributed by atoms with Gasteiger partial charge in [0.15, 0.2) is 5.78 Å². The first kappa shape index (κ1) is 14.5. The van der Waals surface area contributed by atoms with Gasteiger partial charge in [-0.25, -0.2) is 0 Å². The molecule has 0 radical (unpaired) electrons. The van der Waals surface area contributed by atoms with E-state index in [1.807, 2.05) is 38.1 Å². The van der Waals surface area contributed by atoms with Crippen LogP contribution in [0.4, 0.5) is 0 Å². The molecule has 1 heteroatoms. The van der Waals surface area contributed by atoms with Gasteiger partial charge in [0.2, 0.25) is 0 Å². The summed E-state index contributed by atoms with van der Waals surface area (Å²) in [6.07, 6.45) is 1.98. The quantitative estimate of drug-likeness (QED) is 0.736. The minimum atomic E-state index is 0.128. The maximum absolute atomic E-state index is 12.7. The highest BCUT2D eigenvalue weighted by Gasteiger charge is 2.13. The molecule has 0 heterocycles. The van der Waals surface area contributed by atoms with Crippen LogP contribution in [0.5, 0.6) is 0 Å². The summed E-state index contributed by atoms with van der Waals surface area (Å²) in [5.74, 6) is 0.128. The summed E-state index contributed by atoms with van der Waals surface area (Å²) in [5.41, 5.74) is 6.48. The van der Waals surface area contributed by atoms with Gasteiger partial charge >= 0.3 is 0 Å². The Morgan fingerprint density at radius 1 is 0.950 bits per heavy atom. The van der Waals surface area contributed by atoms with Gasteiger partial charge in [-0.15, -0.1) is 0 Å². The number of carbonyl (C=O) groups excluding carboxylic acids is 1. The molecule has 1 nitrogen and oxygen atoms in total. The maximum Gasteiger partial charge on any atom is 0.193 e. The molecule has 0 atom stereocenters. The van der Waals surface area contributed by atoms with E-state index in [0.717, 1.165) is 35.1 Å². The molecule has 0 aliphatic carbocycles. The van der Waals surface area contributed by atoms with Crippen LogP contribution in [0.3, 0.4) is 0 Å². The number of rotatable bonds is 4. The second-order valence-corrected chi connectivity index (χ2v) is 5.27. The van der Waals surface area contributed by atoms with Crippen molar-refractivity contribution in [3.63, 3.8) is 0 Å². The highest BCUT2D eigenvalue weighted by atomic mass is 16.1. The number of hydrogen-bond donors (Lipinski definition) is 0. The molecule has 2 rings (SSSR count). The Bertz CT molecular complexity index is 638. The average Bonchev–Trinajstić information content (AvgIpc) is 2.48. The molecule has 2 aromatic carbocycles. The van der Waals surface area contributed by atoms with E-state index in [-0.39, 0.29) is 5.78 Å². The highest BCUT2D eigenvalue weighted by Crippen LogP contribution is 2.20. The molecule has 104 valence electrons. The summed E-state index contributed by atoms with van der Waals surface area (Å²) >= 11 is 0. The molecule has 0 aliphatic rings.